The molecule has 0 spiro atoms. The molecule has 16 N–H and O–H groups in total. The number of carbonyl (C=O) groups excluding carboxylic acids is 10. The molecular formula is C44H69N13O12S2. The summed E-state index contributed by atoms with van der Waals surface area (Å²) >= 11 is 0. The lowest BCUT2D eigenvalue weighted by Crippen LogP contribution is -2.63. The third-order valence-corrected chi connectivity index (χ3v) is 13.8. The van der Waals surface area contributed by atoms with Gasteiger partial charge in [0, 0.05) is 37.4 Å². The van der Waals surface area contributed by atoms with Crippen LogP contribution in [0.5, 0.6) is 5.75 Å². The van der Waals surface area contributed by atoms with Gasteiger partial charge in [0.1, 0.15) is 48.0 Å². The zero-order valence-corrected chi connectivity index (χ0v) is 42.0. The van der Waals surface area contributed by atoms with E-state index in [2.05, 4.69) is 42.2 Å². The van der Waals surface area contributed by atoms with Crippen molar-refractivity contribution in [3.63, 3.8) is 0 Å². The molecule has 0 unspecified atom stereocenters. The molecule has 2 fully saturated rings. The van der Waals surface area contributed by atoms with Gasteiger partial charge in [0.2, 0.25) is 59.1 Å². The summed E-state index contributed by atoms with van der Waals surface area (Å²) in [5, 5.41) is 28.7. The minimum absolute atomic E-state index is 0.0161. The van der Waals surface area contributed by atoms with Gasteiger partial charge in [0.25, 0.3) is 0 Å². The van der Waals surface area contributed by atoms with Crippen molar-refractivity contribution >= 4 is 86.6 Å². The first-order valence-electron chi connectivity index (χ1n) is 23.3. The van der Waals surface area contributed by atoms with Gasteiger partial charge in [-0.25, -0.2) is 0 Å². The van der Waals surface area contributed by atoms with E-state index in [0.717, 1.165) is 21.6 Å². The standard InChI is InChI=1S/C44H69N13O12S2/c1-5-23(3)35-41(66)56-36(24(4)58)42(67)53-29(20-32(45)59)38(63)54-30(22-71-70-18-15-34(61)51-28(39(64)55-35)19-25-11-13-26(14-12-25)69-6-2)43(68)57-17-8-10-31(57)40(65)52-27(9-7-16-49-44(47)48)37(62)50-21-33(46)60/h11-14,23-24,27-31,35-36,58H,5-10,15-22H2,1-4H3,(H2,45,59)(H2,46,60)(H,50,62)(H,51,61)(H,52,65)(H,53,67)(H,54,63)(H,55,64)(H,56,66)(H4,47,48,49)/t23-,24+,27-,28+,29-,30-,31-,35-,36-/m0/s1. The summed E-state index contributed by atoms with van der Waals surface area (Å²) in [5.74, 6) is -8.49. The summed E-state index contributed by atoms with van der Waals surface area (Å²) in [6, 6.07) is -2.83. The van der Waals surface area contributed by atoms with Crippen molar-refractivity contribution in [3.8, 4) is 5.75 Å². The van der Waals surface area contributed by atoms with Crippen LogP contribution >= 0.6 is 21.6 Å². The fraction of sp³-hybridized carbons (Fsp3) is 0.614. The van der Waals surface area contributed by atoms with Crippen molar-refractivity contribution in [3.05, 3.63) is 29.8 Å². The maximum Gasteiger partial charge on any atom is 0.246 e. The van der Waals surface area contributed by atoms with E-state index in [9.17, 15) is 53.1 Å². The van der Waals surface area contributed by atoms with E-state index in [0.29, 0.717) is 30.8 Å². The first-order chi connectivity index (χ1) is 33.6. The number of carbonyl (C=O) groups is 10. The van der Waals surface area contributed by atoms with Crippen LogP contribution < -0.4 is 64.9 Å². The molecule has 2 aliphatic rings. The lowest BCUT2D eigenvalue weighted by atomic mass is 9.96. The molecular weight excluding hydrogens is 967 g/mol. The molecule has 10 amide bonds. The second kappa shape index (κ2) is 29.7. The minimum atomic E-state index is -1.75. The summed E-state index contributed by atoms with van der Waals surface area (Å²) in [7, 11) is 2.24. The number of hydrogen-bond donors (Lipinski definition) is 12. The van der Waals surface area contributed by atoms with Crippen LogP contribution in [0, 0.1) is 5.92 Å². The maximum absolute atomic E-state index is 14.5. The van der Waals surface area contributed by atoms with Crippen molar-refractivity contribution < 1.29 is 57.8 Å². The van der Waals surface area contributed by atoms with Crippen LogP contribution in [-0.2, 0) is 54.4 Å². The number of aliphatic hydroxyl groups is 1. The number of nitrogens with one attached hydrogen (secondary N) is 7. The molecule has 394 valence electrons. The van der Waals surface area contributed by atoms with Crippen LogP contribution in [0.4, 0.5) is 0 Å². The zero-order valence-electron chi connectivity index (χ0n) is 40.4. The van der Waals surface area contributed by atoms with E-state index < -0.39 is 126 Å². The number of aliphatic hydroxyl groups excluding tert-OH is 1. The molecule has 0 saturated carbocycles. The lowest BCUT2D eigenvalue weighted by Gasteiger charge is -2.31. The molecule has 0 aromatic heterocycles. The Hall–Kier alpha value is -6.35. The zero-order chi connectivity index (χ0) is 52.8. The molecule has 25 nitrogen and oxygen atoms in total. The summed E-state index contributed by atoms with van der Waals surface area (Å²) < 4.78 is 5.54. The van der Waals surface area contributed by atoms with Crippen molar-refractivity contribution in [1.29, 1.82) is 0 Å². The fourth-order valence-electron chi connectivity index (χ4n) is 7.47. The van der Waals surface area contributed by atoms with Gasteiger partial charge >= 0.3 is 0 Å². The average Bonchev–Trinajstić information content (AvgIpc) is 3.81. The molecule has 3 rings (SSSR count). The number of nitrogens with zero attached hydrogens (tertiary/aromatic N) is 2. The topological polar surface area (TPSA) is 404 Å². The Bertz CT molecular complexity index is 2080. The highest BCUT2D eigenvalue weighted by atomic mass is 33.1. The predicted octanol–water partition coefficient (Wildman–Crippen LogP) is -3.73. The monoisotopic (exact) mass is 1040 g/mol. The van der Waals surface area contributed by atoms with E-state index in [-0.39, 0.29) is 62.7 Å². The van der Waals surface area contributed by atoms with Gasteiger partial charge in [-0.05, 0) is 63.1 Å². The van der Waals surface area contributed by atoms with Crippen LogP contribution in [0.1, 0.15) is 78.2 Å². The number of likely N-dealkylation sites (tertiary alicyclic amines) is 1. The first-order valence-corrected chi connectivity index (χ1v) is 25.8. The van der Waals surface area contributed by atoms with Gasteiger partial charge in [-0.15, -0.1) is 0 Å². The first kappa shape index (κ1) is 59.0. The highest BCUT2D eigenvalue weighted by Gasteiger charge is 2.41. The maximum atomic E-state index is 14.5. The molecule has 9 atom stereocenters. The summed E-state index contributed by atoms with van der Waals surface area (Å²) in [6.45, 7) is 6.55. The van der Waals surface area contributed by atoms with Crippen LogP contribution in [0.2, 0.25) is 0 Å². The molecule has 27 heteroatoms. The molecule has 71 heavy (non-hydrogen) atoms. The Morgan fingerprint density at radius 2 is 1.52 bits per heavy atom. The molecule has 1 aromatic carbocycles. The highest BCUT2D eigenvalue weighted by Crippen LogP contribution is 2.26. The van der Waals surface area contributed by atoms with Crippen molar-refractivity contribution in [2.45, 2.75) is 127 Å². The van der Waals surface area contributed by atoms with Crippen LogP contribution in [0.3, 0.4) is 0 Å². The summed E-state index contributed by atoms with van der Waals surface area (Å²) in [5.41, 5.74) is 22.2. The third kappa shape index (κ3) is 19.8. The molecule has 1 aromatic rings. The molecule has 0 aliphatic carbocycles. The summed E-state index contributed by atoms with van der Waals surface area (Å²) in [4.78, 5) is 140. The van der Waals surface area contributed by atoms with Gasteiger partial charge < -0.3 is 74.9 Å². The highest BCUT2D eigenvalue weighted by molar-refractivity contribution is 8.76. The van der Waals surface area contributed by atoms with Gasteiger partial charge in [0.15, 0.2) is 5.96 Å². The number of ether oxygens (including phenoxy) is 1. The number of benzene rings is 1. The fourth-order valence-corrected chi connectivity index (χ4v) is 9.62. The largest absolute Gasteiger partial charge is 0.494 e. The Morgan fingerprint density at radius 1 is 0.859 bits per heavy atom. The number of primary amides is 2. The molecule has 0 radical (unpaired) electrons. The number of guanidine groups is 1. The SMILES string of the molecule is CCOc1ccc(C[C@H]2NC(=O)CCSSC[C@@H](C(=O)N3CCC[C@H]3C(=O)N[C@@H](CCCN=C(N)N)C(=O)NCC(N)=O)NC(=O)[C@H](CC(N)=O)NC(=O)[C@H]([C@@H](C)O)NC(=O)[C@H]([C@@H](C)CC)NC2=O)cc1. The molecule has 0 bridgehead atoms. The van der Waals surface area contributed by atoms with Crippen molar-refractivity contribution in [1.82, 2.24) is 42.1 Å². The predicted molar refractivity (Wildman–Crippen MR) is 264 cm³/mol. The van der Waals surface area contributed by atoms with E-state index >= 15 is 0 Å². The van der Waals surface area contributed by atoms with Crippen molar-refractivity contribution in [2.75, 3.05) is 37.7 Å². The van der Waals surface area contributed by atoms with Gasteiger partial charge in [-0.2, -0.15) is 0 Å². The molecule has 2 saturated heterocycles. The van der Waals surface area contributed by atoms with Gasteiger partial charge in [0.05, 0.1) is 25.7 Å². The van der Waals surface area contributed by atoms with E-state index in [1.807, 2.05) is 6.92 Å². The van der Waals surface area contributed by atoms with E-state index in [1.54, 1.807) is 38.1 Å². The second-order valence-corrected chi connectivity index (χ2v) is 19.7. The lowest BCUT2D eigenvalue weighted by molar-refractivity contribution is -0.142. The third-order valence-electron chi connectivity index (χ3n) is 11.4. The Balaban J connectivity index is 1.99. The Labute approximate surface area is 419 Å². The van der Waals surface area contributed by atoms with Crippen molar-refractivity contribution in [2.24, 2.45) is 33.8 Å². The quantitative estimate of drug-likeness (QED) is 0.0274. The number of hydrogen-bond acceptors (Lipinski definition) is 15. The van der Waals surface area contributed by atoms with Crippen LogP contribution in [0.25, 0.3) is 0 Å². The van der Waals surface area contributed by atoms with E-state index in [1.165, 1.54) is 11.8 Å². The smallest absolute Gasteiger partial charge is 0.246 e. The molecule has 2 heterocycles. The number of nitrogens with two attached hydrogens (primary N) is 4. The van der Waals surface area contributed by atoms with Gasteiger partial charge in [-0.3, -0.25) is 52.9 Å². The Kier molecular flexibility index (Phi) is 24.7. The molecule has 2 aliphatic heterocycles. The summed E-state index contributed by atoms with van der Waals surface area (Å²) in [6.07, 6.45) is -1.35. The minimum Gasteiger partial charge on any atom is -0.494 e. The van der Waals surface area contributed by atoms with Crippen LogP contribution in [-0.4, -0.2) is 161 Å². The Morgan fingerprint density at radius 3 is 2.14 bits per heavy atom. The normalized spacial score (nSPS) is 23.2. The van der Waals surface area contributed by atoms with E-state index in [4.69, 9.17) is 27.7 Å². The number of amides is 10. The van der Waals surface area contributed by atoms with Gasteiger partial charge in [-0.1, -0.05) is 54.0 Å². The number of rotatable bonds is 19. The number of aliphatic imine (C=N–C) groups is 1. The average molecular weight is 1040 g/mol. The second-order valence-electron chi connectivity index (χ2n) is 17.0. The van der Waals surface area contributed by atoms with Crippen LogP contribution in [0.15, 0.2) is 29.3 Å².